The van der Waals surface area contributed by atoms with Gasteiger partial charge in [0.15, 0.2) is 0 Å². The molecule has 0 unspecified atom stereocenters. The fraction of sp³-hybridized carbons (Fsp3) is 0.740. The molecule has 0 aromatic rings. The second-order valence-electron chi connectivity index (χ2n) is 21.0. The summed E-state index contributed by atoms with van der Waals surface area (Å²) in [5.74, 6) is -14.4. The lowest BCUT2D eigenvalue weighted by Gasteiger charge is -2.32. The normalized spacial score (nSPS) is 19.0. The molecule has 28 heteroatoms. The average Bonchev–Trinajstić information content (AvgIpc) is 3.88. The third kappa shape index (κ3) is 22.8. The minimum atomic E-state index is -1.63. The van der Waals surface area contributed by atoms with E-state index in [1.54, 1.807) is 13.8 Å². The van der Waals surface area contributed by atoms with Gasteiger partial charge in [0, 0.05) is 25.1 Å². The molecule has 0 aromatic heterocycles. The molecular weight excluding hydrogens is 1040 g/mol. The van der Waals surface area contributed by atoms with Crippen LogP contribution in [0.4, 0.5) is 0 Å². The number of thiol groups is 1. The van der Waals surface area contributed by atoms with Crippen molar-refractivity contribution in [3.8, 4) is 0 Å². The molecule has 3 rings (SSSR count). The van der Waals surface area contributed by atoms with Crippen LogP contribution >= 0.6 is 12.6 Å². The summed E-state index contributed by atoms with van der Waals surface area (Å²) < 4.78 is 0. The van der Waals surface area contributed by atoms with E-state index in [0.717, 1.165) is 51.4 Å². The fourth-order valence-electron chi connectivity index (χ4n) is 10.0. The molecule has 1 aliphatic heterocycles. The van der Waals surface area contributed by atoms with Crippen molar-refractivity contribution in [2.75, 3.05) is 12.3 Å². The van der Waals surface area contributed by atoms with Crippen molar-refractivity contribution in [2.45, 2.75) is 203 Å². The van der Waals surface area contributed by atoms with Crippen LogP contribution in [0.25, 0.3) is 0 Å². The quantitative estimate of drug-likeness (QED) is 0.0343. The number of carbonyl (C=O) groups excluding carboxylic acids is 9. The van der Waals surface area contributed by atoms with Gasteiger partial charge in [0.25, 0.3) is 0 Å². The van der Waals surface area contributed by atoms with Gasteiger partial charge in [0.2, 0.25) is 53.2 Å². The number of carboxylic acid groups (broad SMARTS) is 4. The SMILES string of the molecule is CC(C)C[C@H](NC(=O)[C@@H](CCC(=O)O)NC(=O)[C@@H](N)CC(=O)O)C(=O)N[C@@H](CCC(=O)O)C(=O)N[C@@H](CC1CCCCC1)C(=O)N[C@@H](CS)C(=O)N1CCC[C@H]1C(=O)N[C@@H](CC1CCCCC1)C(=O)N[C@@H](CC(=O)O)C(N)=O. The Hall–Kier alpha value is -6.58. The van der Waals surface area contributed by atoms with Crippen molar-refractivity contribution in [3.63, 3.8) is 0 Å². The van der Waals surface area contributed by atoms with Crippen molar-refractivity contribution >= 4 is 89.7 Å². The molecule has 2 aliphatic carbocycles. The van der Waals surface area contributed by atoms with E-state index in [1.807, 2.05) is 0 Å². The van der Waals surface area contributed by atoms with Crippen LogP contribution in [0.15, 0.2) is 0 Å². The van der Waals surface area contributed by atoms with Crippen LogP contribution in [0, 0.1) is 17.8 Å². The molecule has 9 amide bonds. The smallest absolute Gasteiger partial charge is 0.305 e. The Labute approximate surface area is 457 Å². The van der Waals surface area contributed by atoms with Gasteiger partial charge in [0.05, 0.1) is 18.9 Å². The average molecular weight is 1130 g/mol. The number of hydrogen-bond donors (Lipinski definition) is 14. The Morgan fingerprint density at radius 3 is 1.36 bits per heavy atom. The van der Waals surface area contributed by atoms with Crippen LogP contribution in [-0.4, -0.2) is 169 Å². The predicted octanol–water partition coefficient (Wildman–Crippen LogP) is -1.22. The highest BCUT2D eigenvalue weighted by molar-refractivity contribution is 7.80. The number of carboxylic acids is 4. The Bertz CT molecular complexity index is 2160. The zero-order chi connectivity index (χ0) is 58.2. The Kier molecular flexibility index (Phi) is 27.8. The lowest BCUT2D eigenvalue weighted by molar-refractivity contribution is -0.142. The van der Waals surface area contributed by atoms with E-state index in [2.05, 4.69) is 49.8 Å². The van der Waals surface area contributed by atoms with Gasteiger partial charge in [-0.15, -0.1) is 0 Å². The summed E-state index contributed by atoms with van der Waals surface area (Å²) >= 11 is 4.36. The molecule has 15 N–H and O–H groups in total. The summed E-state index contributed by atoms with van der Waals surface area (Å²) in [5, 5.41) is 54.9. The van der Waals surface area contributed by atoms with Crippen LogP contribution in [-0.2, 0) is 62.3 Å². The second kappa shape index (κ2) is 33.0. The molecule has 3 fully saturated rings. The van der Waals surface area contributed by atoms with Crippen molar-refractivity contribution in [1.29, 1.82) is 0 Å². The van der Waals surface area contributed by atoms with Crippen LogP contribution in [0.1, 0.15) is 149 Å². The third-order valence-corrected chi connectivity index (χ3v) is 14.5. The number of hydrogen-bond acceptors (Lipinski definition) is 15. The molecule has 3 aliphatic rings. The van der Waals surface area contributed by atoms with Gasteiger partial charge in [-0.25, -0.2) is 0 Å². The molecule has 0 radical (unpaired) electrons. The first-order chi connectivity index (χ1) is 36.8. The van der Waals surface area contributed by atoms with Crippen molar-refractivity contribution < 1.29 is 82.8 Å². The topological polar surface area (TPSA) is 442 Å². The van der Waals surface area contributed by atoms with Crippen LogP contribution in [0.3, 0.4) is 0 Å². The number of nitrogens with zero attached hydrogens (tertiary/aromatic N) is 1. The summed E-state index contributed by atoms with van der Waals surface area (Å²) in [5.41, 5.74) is 11.0. The standard InChI is InChI=1S/C50H80N10O17S/c1-26(2)20-33(56-44(71)30(15-17-38(61)62)53-43(70)29(51)23-40(65)66)46(73)54-31(16-18-39(63)64)45(72)57-34(21-27-10-5-3-6-11-27)48(75)59-36(25-78)50(77)60-19-9-14-37(60)49(76)58-35(22-28-12-7-4-8-13-28)47(74)55-32(42(52)69)24-41(67)68/h26-37,78H,3-25,51H2,1-2H3,(H2,52,69)(H,53,70)(H,54,73)(H,55,74)(H,56,71)(H,57,72)(H,58,76)(H,59,75)(H,61,62)(H,63,64)(H,65,66)(H,67,68)/t29-,30+,31-,32-,33-,34-,35-,36-,37-/m0/s1. The van der Waals surface area contributed by atoms with Gasteiger partial charge < -0.3 is 74.0 Å². The molecule has 438 valence electrons. The maximum Gasteiger partial charge on any atom is 0.305 e. The Balaban J connectivity index is 1.87. The van der Waals surface area contributed by atoms with Crippen LogP contribution < -0.4 is 48.7 Å². The van der Waals surface area contributed by atoms with Crippen LogP contribution in [0.5, 0.6) is 0 Å². The summed E-state index contributed by atoms with van der Waals surface area (Å²) in [6.45, 7) is 3.46. The second-order valence-corrected chi connectivity index (χ2v) is 21.3. The lowest BCUT2D eigenvalue weighted by atomic mass is 9.84. The summed E-state index contributed by atoms with van der Waals surface area (Å²) in [4.78, 5) is 170. The molecule has 2 saturated carbocycles. The number of nitrogens with one attached hydrogen (secondary N) is 7. The number of amides is 9. The van der Waals surface area contributed by atoms with E-state index in [9.17, 15) is 77.6 Å². The number of primary amides is 1. The first-order valence-corrected chi connectivity index (χ1v) is 27.4. The van der Waals surface area contributed by atoms with Gasteiger partial charge in [0.1, 0.15) is 48.3 Å². The van der Waals surface area contributed by atoms with Gasteiger partial charge in [-0.3, -0.25) is 62.3 Å². The highest BCUT2D eigenvalue weighted by atomic mass is 32.1. The molecule has 1 heterocycles. The summed E-state index contributed by atoms with van der Waals surface area (Å²) in [6.07, 6.45) is 5.09. The number of rotatable bonds is 33. The predicted molar refractivity (Wildman–Crippen MR) is 279 cm³/mol. The fourth-order valence-corrected chi connectivity index (χ4v) is 10.3. The Morgan fingerprint density at radius 1 is 0.500 bits per heavy atom. The molecule has 1 saturated heterocycles. The first kappa shape index (κ1) is 65.7. The molecule has 78 heavy (non-hydrogen) atoms. The molecule has 0 bridgehead atoms. The Morgan fingerprint density at radius 2 is 0.910 bits per heavy atom. The molecule has 9 atom stereocenters. The monoisotopic (exact) mass is 1120 g/mol. The van der Waals surface area contributed by atoms with Gasteiger partial charge in [-0.2, -0.15) is 12.6 Å². The van der Waals surface area contributed by atoms with Crippen molar-refractivity contribution in [2.24, 2.45) is 29.2 Å². The zero-order valence-electron chi connectivity index (χ0n) is 44.3. The van der Waals surface area contributed by atoms with E-state index >= 15 is 0 Å². The number of carbonyl (C=O) groups is 13. The minimum Gasteiger partial charge on any atom is -0.481 e. The van der Waals surface area contributed by atoms with Crippen molar-refractivity contribution in [1.82, 2.24) is 42.1 Å². The number of nitrogens with two attached hydrogens (primary N) is 2. The third-order valence-electron chi connectivity index (χ3n) is 14.2. The highest BCUT2D eigenvalue weighted by Crippen LogP contribution is 2.29. The minimum absolute atomic E-state index is 0.0190. The maximum atomic E-state index is 14.4. The molecular formula is C50H80N10O17S. The lowest BCUT2D eigenvalue weighted by Crippen LogP contribution is -2.61. The molecule has 27 nitrogen and oxygen atoms in total. The number of aliphatic carboxylic acids is 4. The van der Waals surface area contributed by atoms with E-state index in [4.69, 9.17) is 16.6 Å². The van der Waals surface area contributed by atoms with E-state index in [-0.39, 0.29) is 55.7 Å². The largest absolute Gasteiger partial charge is 0.481 e. The highest BCUT2D eigenvalue weighted by Gasteiger charge is 2.41. The maximum absolute atomic E-state index is 14.4. The van der Waals surface area contributed by atoms with E-state index in [1.165, 1.54) is 4.90 Å². The van der Waals surface area contributed by atoms with Crippen molar-refractivity contribution in [3.05, 3.63) is 0 Å². The first-order valence-electron chi connectivity index (χ1n) is 26.8. The molecule has 0 aromatic carbocycles. The molecule has 0 spiro atoms. The summed E-state index contributed by atoms with van der Waals surface area (Å²) in [7, 11) is 0. The summed E-state index contributed by atoms with van der Waals surface area (Å²) in [6, 6.07) is -13.0. The van der Waals surface area contributed by atoms with E-state index in [0.29, 0.717) is 19.3 Å². The van der Waals surface area contributed by atoms with E-state index < -0.39 is 170 Å². The van der Waals surface area contributed by atoms with Gasteiger partial charge >= 0.3 is 23.9 Å². The number of likely N-dealkylation sites (tertiary alicyclic amines) is 1. The zero-order valence-corrected chi connectivity index (χ0v) is 45.2. The van der Waals surface area contributed by atoms with Crippen LogP contribution in [0.2, 0.25) is 0 Å². The van der Waals surface area contributed by atoms with Gasteiger partial charge in [-0.05, 0) is 62.7 Å². The van der Waals surface area contributed by atoms with Gasteiger partial charge in [-0.1, -0.05) is 78.1 Å².